The molecular weight excluding hydrogens is 280 g/mol. The van der Waals surface area contributed by atoms with Crippen molar-refractivity contribution in [2.45, 2.75) is 18.7 Å². The van der Waals surface area contributed by atoms with Crippen LogP contribution in [0.5, 0.6) is 0 Å². The van der Waals surface area contributed by atoms with Gasteiger partial charge in [0.25, 0.3) is 0 Å². The third-order valence-electron chi connectivity index (χ3n) is 3.31. The number of aryl methyl sites for hydroxylation is 2. The second kappa shape index (κ2) is 5.80. The van der Waals surface area contributed by atoms with Gasteiger partial charge in [0.15, 0.2) is 0 Å². The Balaban J connectivity index is 1.96. The van der Waals surface area contributed by atoms with Crippen molar-refractivity contribution in [3.63, 3.8) is 0 Å². The van der Waals surface area contributed by atoms with Crippen molar-refractivity contribution in [2.24, 2.45) is 0 Å². The zero-order valence-corrected chi connectivity index (χ0v) is 12.4. The van der Waals surface area contributed by atoms with Gasteiger partial charge < -0.3 is 9.64 Å². The monoisotopic (exact) mass is 298 g/mol. The molecule has 0 radical (unpaired) electrons. The molecule has 6 nitrogen and oxygen atoms in total. The number of hydrogen-bond acceptors (Lipinski definition) is 4. The molecule has 1 aliphatic heterocycles. The number of carbonyl (C=O) groups is 1. The van der Waals surface area contributed by atoms with Gasteiger partial charge in [-0.15, -0.1) is 0 Å². The average molecular weight is 298 g/mol. The van der Waals surface area contributed by atoms with E-state index < -0.39 is 16.1 Å². The maximum absolute atomic E-state index is 12.1. The molecule has 1 heterocycles. The number of sulfonamides is 1. The van der Waals surface area contributed by atoms with Crippen molar-refractivity contribution >= 4 is 16.1 Å². The van der Waals surface area contributed by atoms with Gasteiger partial charge in [-0.1, -0.05) is 6.07 Å². The number of ether oxygens (including phenoxy) is 1. The summed E-state index contributed by atoms with van der Waals surface area (Å²) in [5.74, 6) is 0. The van der Waals surface area contributed by atoms with Crippen LogP contribution in [0, 0.1) is 13.8 Å². The van der Waals surface area contributed by atoms with Gasteiger partial charge in [0, 0.05) is 13.1 Å². The summed E-state index contributed by atoms with van der Waals surface area (Å²) in [6.45, 7) is 5.15. The quantitative estimate of drug-likeness (QED) is 0.881. The number of cyclic esters (lactones) is 1. The second-order valence-electron chi connectivity index (χ2n) is 4.75. The summed E-state index contributed by atoms with van der Waals surface area (Å²) in [6, 6.07) is 5.00. The summed E-state index contributed by atoms with van der Waals surface area (Å²) in [6.07, 6.45) is -0.393. The standard InChI is InChI=1S/C13H18N2O4S/c1-10-3-4-12(9-11(10)2)20(17,18)14-5-6-15-7-8-19-13(15)16/h3-4,9,14H,5-8H2,1-2H3. The number of hydrogen-bond donors (Lipinski definition) is 1. The first-order valence-electron chi connectivity index (χ1n) is 6.39. The van der Waals surface area contributed by atoms with Crippen molar-refractivity contribution in [3.8, 4) is 0 Å². The molecule has 1 aromatic carbocycles. The van der Waals surface area contributed by atoms with E-state index in [4.69, 9.17) is 4.74 Å². The minimum atomic E-state index is -3.54. The third kappa shape index (κ3) is 3.29. The smallest absolute Gasteiger partial charge is 0.409 e. The molecule has 1 amide bonds. The van der Waals surface area contributed by atoms with Crippen LogP contribution in [0.15, 0.2) is 23.1 Å². The van der Waals surface area contributed by atoms with Crippen LogP contribution in [0.25, 0.3) is 0 Å². The Hall–Kier alpha value is -1.60. The van der Waals surface area contributed by atoms with Crippen LogP contribution in [-0.4, -0.2) is 45.7 Å². The molecule has 1 fully saturated rings. The minimum absolute atomic E-state index is 0.171. The van der Waals surface area contributed by atoms with E-state index in [0.717, 1.165) is 11.1 Å². The minimum Gasteiger partial charge on any atom is -0.448 e. The number of nitrogens with one attached hydrogen (secondary N) is 1. The van der Waals surface area contributed by atoms with E-state index in [9.17, 15) is 13.2 Å². The maximum Gasteiger partial charge on any atom is 0.409 e. The normalized spacial score (nSPS) is 15.5. The van der Waals surface area contributed by atoms with E-state index in [2.05, 4.69) is 4.72 Å². The van der Waals surface area contributed by atoms with Gasteiger partial charge in [0.2, 0.25) is 10.0 Å². The number of carbonyl (C=O) groups excluding carboxylic acids is 1. The summed E-state index contributed by atoms with van der Waals surface area (Å²) in [5, 5.41) is 0. The van der Waals surface area contributed by atoms with Crippen LogP contribution in [-0.2, 0) is 14.8 Å². The molecule has 0 aromatic heterocycles. The number of nitrogens with zero attached hydrogens (tertiary/aromatic N) is 1. The van der Waals surface area contributed by atoms with Gasteiger partial charge in [0.1, 0.15) is 6.61 Å². The van der Waals surface area contributed by atoms with E-state index in [1.54, 1.807) is 18.2 Å². The van der Waals surface area contributed by atoms with Gasteiger partial charge in [-0.25, -0.2) is 17.9 Å². The lowest BCUT2D eigenvalue weighted by molar-refractivity contribution is 0.159. The maximum atomic E-state index is 12.1. The zero-order valence-electron chi connectivity index (χ0n) is 11.5. The van der Waals surface area contributed by atoms with Crippen LogP contribution in [0.4, 0.5) is 4.79 Å². The highest BCUT2D eigenvalue weighted by molar-refractivity contribution is 7.89. The Morgan fingerprint density at radius 2 is 2.05 bits per heavy atom. The fraction of sp³-hybridized carbons (Fsp3) is 0.462. The SMILES string of the molecule is Cc1ccc(S(=O)(=O)NCCN2CCOC2=O)cc1C. The molecule has 1 aromatic rings. The predicted octanol–water partition coefficient (Wildman–Crippen LogP) is 1.03. The first-order valence-corrected chi connectivity index (χ1v) is 7.87. The highest BCUT2D eigenvalue weighted by Crippen LogP contribution is 2.14. The van der Waals surface area contributed by atoms with Gasteiger partial charge in [-0.2, -0.15) is 0 Å². The van der Waals surface area contributed by atoms with E-state index in [1.807, 2.05) is 13.8 Å². The fourth-order valence-corrected chi connectivity index (χ4v) is 3.01. The summed E-state index contributed by atoms with van der Waals surface area (Å²) >= 11 is 0. The van der Waals surface area contributed by atoms with Crippen LogP contribution in [0.3, 0.4) is 0 Å². The topological polar surface area (TPSA) is 75.7 Å². The molecule has 1 N–H and O–H groups in total. The van der Waals surface area contributed by atoms with Gasteiger partial charge in [-0.3, -0.25) is 0 Å². The summed E-state index contributed by atoms with van der Waals surface area (Å²) in [4.78, 5) is 12.9. The van der Waals surface area contributed by atoms with Crippen molar-refractivity contribution in [1.29, 1.82) is 0 Å². The molecule has 1 saturated heterocycles. The van der Waals surface area contributed by atoms with E-state index in [-0.39, 0.29) is 11.4 Å². The lowest BCUT2D eigenvalue weighted by atomic mass is 10.1. The van der Waals surface area contributed by atoms with Gasteiger partial charge in [-0.05, 0) is 37.1 Å². The molecule has 110 valence electrons. The van der Waals surface area contributed by atoms with Crippen LogP contribution >= 0.6 is 0 Å². The Morgan fingerprint density at radius 1 is 1.30 bits per heavy atom. The molecule has 0 bridgehead atoms. The molecule has 7 heteroatoms. The van der Waals surface area contributed by atoms with Gasteiger partial charge in [0.05, 0.1) is 11.4 Å². The summed E-state index contributed by atoms with van der Waals surface area (Å²) < 4.78 is 31.5. The zero-order chi connectivity index (χ0) is 14.8. The first-order chi connectivity index (χ1) is 9.40. The second-order valence-corrected chi connectivity index (χ2v) is 6.51. The average Bonchev–Trinajstić information content (AvgIpc) is 2.78. The third-order valence-corrected chi connectivity index (χ3v) is 4.77. The van der Waals surface area contributed by atoms with Crippen molar-refractivity contribution < 1.29 is 17.9 Å². The highest BCUT2D eigenvalue weighted by Gasteiger charge is 2.22. The van der Waals surface area contributed by atoms with Crippen molar-refractivity contribution in [1.82, 2.24) is 9.62 Å². The predicted molar refractivity (Wildman–Crippen MR) is 74.0 cm³/mol. The lowest BCUT2D eigenvalue weighted by Gasteiger charge is -2.13. The van der Waals surface area contributed by atoms with Crippen molar-refractivity contribution in [2.75, 3.05) is 26.2 Å². The largest absolute Gasteiger partial charge is 0.448 e. The highest BCUT2D eigenvalue weighted by atomic mass is 32.2. The van der Waals surface area contributed by atoms with Gasteiger partial charge >= 0.3 is 6.09 Å². The summed E-state index contributed by atoms with van der Waals surface area (Å²) in [7, 11) is -3.54. The molecule has 0 atom stereocenters. The number of benzene rings is 1. The number of amides is 1. The Bertz CT molecular complexity index is 613. The van der Waals surface area contributed by atoms with E-state index >= 15 is 0 Å². The van der Waals surface area contributed by atoms with Crippen LogP contribution < -0.4 is 4.72 Å². The molecule has 0 unspecified atom stereocenters. The van der Waals surface area contributed by atoms with Crippen LogP contribution in [0.2, 0.25) is 0 Å². The molecule has 2 rings (SSSR count). The van der Waals surface area contributed by atoms with Crippen molar-refractivity contribution in [3.05, 3.63) is 29.3 Å². The Morgan fingerprint density at radius 3 is 2.65 bits per heavy atom. The molecule has 0 spiro atoms. The molecule has 0 aliphatic carbocycles. The lowest BCUT2D eigenvalue weighted by Crippen LogP contribution is -2.35. The fourth-order valence-electron chi connectivity index (χ4n) is 1.91. The first kappa shape index (κ1) is 14.8. The number of rotatable bonds is 5. The molecular formula is C13H18N2O4S. The summed E-state index contributed by atoms with van der Waals surface area (Å²) in [5.41, 5.74) is 1.97. The van der Waals surface area contributed by atoms with Crippen LogP contribution in [0.1, 0.15) is 11.1 Å². The van der Waals surface area contributed by atoms with E-state index in [0.29, 0.717) is 19.7 Å². The Labute approximate surface area is 118 Å². The Kier molecular flexibility index (Phi) is 4.29. The molecule has 0 saturated carbocycles. The van der Waals surface area contributed by atoms with E-state index in [1.165, 1.54) is 4.90 Å². The molecule has 1 aliphatic rings. The molecule has 20 heavy (non-hydrogen) atoms.